The summed E-state index contributed by atoms with van der Waals surface area (Å²) >= 11 is 0. The van der Waals surface area contributed by atoms with E-state index < -0.39 is 6.10 Å². The molecule has 1 aliphatic heterocycles. The van der Waals surface area contributed by atoms with Crippen molar-refractivity contribution >= 4 is 5.97 Å². The van der Waals surface area contributed by atoms with Crippen LogP contribution in [0.4, 0.5) is 0 Å². The van der Waals surface area contributed by atoms with E-state index in [0.29, 0.717) is 43.3 Å². The summed E-state index contributed by atoms with van der Waals surface area (Å²) in [5.74, 6) is 0.339. The quantitative estimate of drug-likeness (QED) is 0.502. The Labute approximate surface area is 187 Å². The summed E-state index contributed by atoms with van der Waals surface area (Å²) in [5, 5.41) is 10.9. The molecule has 174 valence electrons. The Hall–Kier alpha value is -1.47. The number of esters is 1. The first kappa shape index (κ1) is 24.2. The number of hydrogen-bond acceptors (Lipinski definition) is 5. The molecule has 3 rings (SSSR count). The molecule has 0 aromatic heterocycles. The van der Waals surface area contributed by atoms with E-state index in [1.165, 1.54) is 13.5 Å². The van der Waals surface area contributed by atoms with Crippen molar-refractivity contribution in [1.29, 1.82) is 0 Å². The van der Waals surface area contributed by atoms with Gasteiger partial charge in [0.1, 0.15) is 32.3 Å². The van der Waals surface area contributed by atoms with Crippen molar-refractivity contribution in [2.45, 2.75) is 58.8 Å². The predicted molar refractivity (Wildman–Crippen MR) is 120 cm³/mol. The van der Waals surface area contributed by atoms with Crippen LogP contribution >= 0.6 is 0 Å². The molecule has 0 amide bonds. The first-order chi connectivity index (χ1) is 14.7. The third kappa shape index (κ3) is 7.01. The largest absolute Gasteiger partial charge is 0.465 e. The van der Waals surface area contributed by atoms with E-state index in [2.05, 4.69) is 20.8 Å². The predicted octanol–water partition coefficient (Wildman–Crippen LogP) is 3.41. The molecule has 1 N–H and O–H groups in total. The van der Waals surface area contributed by atoms with E-state index in [1.807, 2.05) is 24.3 Å². The number of benzene rings is 1. The SMILES string of the molecule is COC(=O)c1ccc(C[N+]2(CC(O)COC3CC(C)CC(C)(C)C3)CCOCC2)cc1. The van der Waals surface area contributed by atoms with Crippen molar-refractivity contribution in [3.8, 4) is 0 Å². The Balaban J connectivity index is 1.59. The van der Waals surface area contributed by atoms with Crippen molar-refractivity contribution in [2.75, 3.05) is 46.6 Å². The van der Waals surface area contributed by atoms with E-state index in [4.69, 9.17) is 14.2 Å². The minimum absolute atomic E-state index is 0.234. The molecule has 31 heavy (non-hydrogen) atoms. The average Bonchev–Trinajstić information content (AvgIpc) is 2.71. The molecule has 3 atom stereocenters. The molecule has 1 aromatic carbocycles. The molecule has 0 radical (unpaired) electrons. The Morgan fingerprint density at radius 2 is 1.90 bits per heavy atom. The van der Waals surface area contributed by atoms with Gasteiger partial charge in [0, 0.05) is 5.56 Å². The fourth-order valence-electron chi connectivity index (χ4n) is 5.52. The summed E-state index contributed by atoms with van der Waals surface area (Å²) in [7, 11) is 1.39. The van der Waals surface area contributed by atoms with Crippen LogP contribution in [0.3, 0.4) is 0 Å². The maximum atomic E-state index is 11.7. The second kappa shape index (κ2) is 10.4. The van der Waals surface area contributed by atoms with Crippen molar-refractivity contribution in [2.24, 2.45) is 11.3 Å². The highest BCUT2D eigenvalue weighted by molar-refractivity contribution is 5.89. The van der Waals surface area contributed by atoms with Gasteiger partial charge in [-0.25, -0.2) is 4.79 Å². The van der Waals surface area contributed by atoms with Crippen LogP contribution in [-0.2, 0) is 20.8 Å². The minimum Gasteiger partial charge on any atom is -0.465 e. The molecule has 2 aliphatic rings. The van der Waals surface area contributed by atoms with E-state index in [0.717, 1.165) is 42.5 Å². The normalized spacial score (nSPS) is 26.2. The van der Waals surface area contributed by atoms with Gasteiger partial charge in [-0.1, -0.05) is 32.9 Å². The van der Waals surface area contributed by atoms with Crippen LogP contribution in [0.15, 0.2) is 24.3 Å². The average molecular weight is 435 g/mol. The van der Waals surface area contributed by atoms with Crippen molar-refractivity contribution in [3.63, 3.8) is 0 Å². The van der Waals surface area contributed by atoms with Crippen LogP contribution in [0.2, 0.25) is 0 Å². The molecule has 6 heteroatoms. The number of aliphatic hydroxyl groups excluding tert-OH is 1. The number of methoxy groups -OCH3 is 1. The zero-order valence-electron chi connectivity index (χ0n) is 19.6. The van der Waals surface area contributed by atoms with Gasteiger partial charge in [0.15, 0.2) is 0 Å². The summed E-state index contributed by atoms with van der Waals surface area (Å²) in [5.41, 5.74) is 2.00. The van der Waals surface area contributed by atoms with Gasteiger partial charge >= 0.3 is 5.97 Å². The minimum atomic E-state index is -0.507. The third-order valence-corrected chi connectivity index (χ3v) is 6.78. The van der Waals surface area contributed by atoms with Crippen LogP contribution in [0, 0.1) is 11.3 Å². The first-order valence-corrected chi connectivity index (χ1v) is 11.6. The van der Waals surface area contributed by atoms with Crippen LogP contribution in [0.25, 0.3) is 0 Å². The lowest BCUT2D eigenvalue weighted by molar-refractivity contribution is -0.950. The monoisotopic (exact) mass is 434 g/mol. The van der Waals surface area contributed by atoms with Crippen molar-refractivity contribution in [1.82, 2.24) is 0 Å². The number of aliphatic hydroxyl groups is 1. The second-order valence-corrected chi connectivity index (χ2v) is 10.5. The molecule has 1 aliphatic carbocycles. The summed E-state index contributed by atoms with van der Waals surface area (Å²) in [6, 6.07) is 7.58. The molecular formula is C25H40NO5+. The molecule has 1 heterocycles. The highest BCUT2D eigenvalue weighted by Gasteiger charge is 2.35. The van der Waals surface area contributed by atoms with Gasteiger partial charge in [-0.3, -0.25) is 0 Å². The number of rotatable bonds is 8. The van der Waals surface area contributed by atoms with E-state index in [9.17, 15) is 9.90 Å². The lowest BCUT2D eigenvalue weighted by Crippen LogP contribution is -2.58. The zero-order chi connectivity index (χ0) is 22.5. The van der Waals surface area contributed by atoms with Crippen LogP contribution in [0.5, 0.6) is 0 Å². The Bertz CT molecular complexity index is 711. The number of carbonyl (C=O) groups is 1. The number of ether oxygens (including phenoxy) is 3. The second-order valence-electron chi connectivity index (χ2n) is 10.5. The summed E-state index contributed by atoms with van der Waals surface area (Å²) in [6.07, 6.45) is 3.11. The third-order valence-electron chi connectivity index (χ3n) is 6.78. The van der Waals surface area contributed by atoms with Gasteiger partial charge in [0.25, 0.3) is 0 Å². The molecule has 1 aromatic rings. The number of quaternary nitrogens is 1. The Morgan fingerprint density at radius 3 is 2.52 bits per heavy atom. The van der Waals surface area contributed by atoms with Gasteiger partial charge < -0.3 is 23.8 Å². The summed E-state index contributed by atoms with van der Waals surface area (Å²) < 4.78 is 17.4. The number of hydrogen-bond donors (Lipinski definition) is 1. The first-order valence-electron chi connectivity index (χ1n) is 11.6. The number of morpholine rings is 1. The fourth-order valence-corrected chi connectivity index (χ4v) is 5.52. The number of carbonyl (C=O) groups excluding carboxylic acids is 1. The maximum absolute atomic E-state index is 11.7. The lowest BCUT2D eigenvalue weighted by Gasteiger charge is -2.43. The molecule has 2 fully saturated rings. The van der Waals surface area contributed by atoms with Crippen LogP contribution in [0.1, 0.15) is 56.0 Å². The van der Waals surface area contributed by atoms with Crippen LogP contribution < -0.4 is 0 Å². The van der Waals surface area contributed by atoms with Gasteiger partial charge in [-0.05, 0) is 42.7 Å². The molecule has 1 saturated heterocycles. The topological polar surface area (TPSA) is 65.0 Å². The van der Waals surface area contributed by atoms with E-state index in [-0.39, 0.29) is 12.1 Å². The van der Waals surface area contributed by atoms with Gasteiger partial charge in [-0.2, -0.15) is 0 Å². The van der Waals surface area contributed by atoms with E-state index in [1.54, 1.807) is 0 Å². The van der Waals surface area contributed by atoms with Crippen LogP contribution in [-0.4, -0.2) is 74.3 Å². The van der Waals surface area contributed by atoms with E-state index >= 15 is 0 Å². The zero-order valence-corrected chi connectivity index (χ0v) is 19.6. The Morgan fingerprint density at radius 1 is 1.23 bits per heavy atom. The Kier molecular flexibility index (Phi) is 8.14. The highest BCUT2D eigenvalue weighted by atomic mass is 16.5. The molecule has 1 saturated carbocycles. The fraction of sp³-hybridized carbons (Fsp3) is 0.720. The smallest absolute Gasteiger partial charge is 0.337 e. The highest BCUT2D eigenvalue weighted by Crippen LogP contribution is 2.39. The van der Waals surface area contributed by atoms with Gasteiger partial charge in [0.05, 0.1) is 38.6 Å². The molecule has 6 nitrogen and oxygen atoms in total. The molecule has 3 unspecified atom stereocenters. The molecule has 0 spiro atoms. The lowest BCUT2D eigenvalue weighted by atomic mass is 9.71. The summed E-state index contributed by atoms with van der Waals surface area (Å²) in [6.45, 7) is 11.9. The van der Waals surface area contributed by atoms with Crippen molar-refractivity contribution in [3.05, 3.63) is 35.4 Å². The summed E-state index contributed by atoms with van der Waals surface area (Å²) in [4.78, 5) is 11.7. The maximum Gasteiger partial charge on any atom is 0.337 e. The standard InChI is InChI=1S/C25H40NO5/c1-19-13-23(15-25(2,3)14-19)31-18-22(27)17-26(9-11-30-12-10-26)16-20-5-7-21(8-6-20)24(28)29-4/h5-8,19,22-23,27H,9-18H2,1-4H3/q+1. The molecular weight excluding hydrogens is 394 g/mol. The van der Waals surface area contributed by atoms with Gasteiger partial charge in [-0.15, -0.1) is 0 Å². The number of nitrogens with zero attached hydrogens (tertiary/aromatic N) is 1. The van der Waals surface area contributed by atoms with Gasteiger partial charge in [0.2, 0.25) is 0 Å². The van der Waals surface area contributed by atoms with Crippen molar-refractivity contribution < 1.29 is 28.6 Å². The molecule has 0 bridgehead atoms.